The second kappa shape index (κ2) is 6.80. The first-order valence-corrected chi connectivity index (χ1v) is 7.38. The monoisotopic (exact) mass is 262 g/mol. The van der Waals surface area contributed by atoms with Crippen molar-refractivity contribution in [2.24, 2.45) is 0 Å². The normalized spacial score (nSPS) is 24.7. The molecule has 3 nitrogen and oxygen atoms in total. The first-order chi connectivity index (χ1) is 9.24. The van der Waals surface area contributed by atoms with E-state index >= 15 is 0 Å². The summed E-state index contributed by atoms with van der Waals surface area (Å²) in [5.41, 5.74) is 1.23. The topological polar surface area (TPSA) is 24.5 Å². The first kappa shape index (κ1) is 14.2. The third-order valence-corrected chi connectivity index (χ3v) is 4.02. The van der Waals surface area contributed by atoms with Crippen LogP contribution in [0, 0.1) is 0 Å². The Bertz CT molecular complexity index is 394. The highest BCUT2D eigenvalue weighted by atomic mass is 16.5. The van der Waals surface area contributed by atoms with E-state index in [1.165, 1.54) is 24.9 Å². The van der Waals surface area contributed by atoms with Crippen LogP contribution in [-0.2, 0) is 0 Å². The molecule has 1 heterocycles. The van der Waals surface area contributed by atoms with Crippen molar-refractivity contribution >= 4 is 5.69 Å². The summed E-state index contributed by atoms with van der Waals surface area (Å²) in [7, 11) is 1.75. The minimum absolute atomic E-state index is 0.586. The number of methoxy groups -OCH3 is 1. The Morgan fingerprint density at radius 2 is 2.00 bits per heavy atom. The summed E-state index contributed by atoms with van der Waals surface area (Å²) in [5.74, 6) is 0.983. The van der Waals surface area contributed by atoms with E-state index in [1.54, 1.807) is 7.11 Å². The SMILES string of the molecule is CCC1CCN(c2ccccc2OC)CCC(C)N1. The molecular formula is C16H26N2O. The zero-order valence-electron chi connectivity index (χ0n) is 12.4. The third kappa shape index (κ3) is 3.63. The number of nitrogens with one attached hydrogen (secondary N) is 1. The van der Waals surface area contributed by atoms with Crippen LogP contribution in [0.1, 0.15) is 33.1 Å². The van der Waals surface area contributed by atoms with E-state index in [9.17, 15) is 0 Å². The van der Waals surface area contributed by atoms with Crippen molar-refractivity contribution in [2.45, 2.75) is 45.2 Å². The maximum absolute atomic E-state index is 5.49. The largest absolute Gasteiger partial charge is 0.495 e. The molecule has 1 fully saturated rings. The molecule has 0 spiro atoms. The van der Waals surface area contributed by atoms with E-state index < -0.39 is 0 Å². The van der Waals surface area contributed by atoms with E-state index in [2.05, 4.69) is 36.2 Å². The lowest BCUT2D eigenvalue weighted by Crippen LogP contribution is -2.44. The van der Waals surface area contributed by atoms with Gasteiger partial charge in [-0.2, -0.15) is 0 Å². The van der Waals surface area contributed by atoms with Crippen LogP contribution >= 0.6 is 0 Å². The second-order valence-electron chi connectivity index (χ2n) is 5.41. The van der Waals surface area contributed by atoms with Crippen LogP contribution in [0.15, 0.2) is 24.3 Å². The number of para-hydroxylation sites is 2. The fraction of sp³-hybridized carbons (Fsp3) is 0.625. The zero-order chi connectivity index (χ0) is 13.7. The number of ether oxygens (including phenoxy) is 1. The highest BCUT2D eigenvalue weighted by Gasteiger charge is 2.19. The van der Waals surface area contributed by atoms with Crippen LogP contribution in [0.3, 0.4) is 0 Å². The van der Waals surface area contributed by atoms with E-state index in [1.807, 2.05) is 12.1 Å². The van der Waals surface area contributed by atoms with Gasteiger partial charge in [-0.05, 0) is 38.3 Å². The lowest BCUT2D eigenvalue weighted by atomic mass is 10.0. The van der Waals surface area contributed by atoms with Gasteiger partial charge in [-0.25, -0.2) is 0 Å². The molecule has 1 N–H and O–H groups in total. The van der Waals surface area contributed by atoms with Gasteiger partial charge in [-0.15, -0.1) is 0 Å². The summed E-state index contributed by atoms with van der Waals surface area (Å²) in [6.07, 6.45) is 3.57. The first-order valence-electron chi connectivity index (χ1n) is 7.38. The molecule has 0 amide bonds. The molecule has 106 valence electrons. The van der Waals surface area contributed by atoms with Crippen LogP contribution in [-0.4, -0.2) is 32.3 Å². The predicted molar refractivity (Wildman–Crippen MR) is 81.1 cm³/mol. The molecule has 1 aromatic carbocycles. The van der Waals surface area contributed by atoms with E-state index in [0.717, 1.165) is 18.8 Å². The van der Waals surface area contributed by atoms with E-state index in [4.69, 9.17) is 4.74 Å². The molecule has 1 aliphatic heterocycles. The summed E-state index contributed by atoms with van der Waals surface area (Å²) >= 11 is 0. The predicted octanol–water partition coefficient (Wildman–Crippen LogP) is 3.05. The standard InChI is InChI=1S/C16H26N2O/c1-4-14-10-12-18(11-9-13(2)17-14)15-7-5-6-8-16(15)19-3/h5-8,13-14,17H,4,9-12H2,1-3H3. The van der Waals surface area contributed by atoms with Gasteiger partial charge in [-0.3, -0.25) is 0 Å². The Hall–Kier alpha value is -1.22. The lowest BCUT2D eigenvalue weighted by molar-refractivity contribution is 0.374. The number of benzene rings is 1. The molecule has 0 saturated carbocycles. The van der Waals surface area contributed by atoms with Crippen molar-refractivity contribution in [1.82, 2.24) is 5.32 Å². The van der Waals surface area contributed by atoms with Crippen LogP contribution in [0.5, 0.6) is 5.75 Å². The van der Waals surface area contributed by atoms with Crippen molar-refractivity contribution in [2.75, 3.05) is 25.1 Å². The summed E-state index contributed by atoms with van der Waals surface area (Å²) < 4.78 is 5.49. The smallest absolute Gasteiger partial charge is 0.142 e. The number of nitrogens with zero attached hydrogens (tertiary/aromatic N) is 1. The highest BCUT2D eigenvalue weighted by molar-refractivity contribution is 5.58. The quantitative estimate of drug-likeness (QED) is 0.906. The second-order valence-corrected chi connectivity index (χ2v) is 5.41. The summed E-state index contributed by atoms with van der Waals surface area (Å²) in [4.78, 5) is 2.47. The van der Waals surface area contributed by atoms with Crippen molar-refractivity contribution in [1.29, 1.82) is 0 Å². The fourth-order valence-electron chi connectivity index (χ4n) is 2.80. The molecule has 3 heteroatoms. The molecular weight excluding hydrogens is 236 g/mol. The number of hydrogen-bond donors (Lipinski definition) is 1. The van der Waals surface area contributed by atoms with Gasteiger partial charge in [-0.1, -0.05) is 19.1 Å². The molecule has 0 aliphatic carbocycles. The average Bonchev–Trinajstić information content (AvgIpc) is 2.43. The Morgan fingerprint density at radius 1 is 1.26 bits per heavy atom. The lowest BCUT2D eigenvalue weighted by Gasteiger charge is -2.34. The summed E-state index contributed by atoms with van der Waals surface area (Å²) in [6, 6.07) is 9.56. The van der Waals surface area contributed by atoms with Crippen LogP contribution in [0.2, 0.25) is 0 Å². The van der Waals surface area contributed by atoms with E-state index in [0.29, 0.717) is 12.1 Å². The minimum Gasteiger partial charge on any atom is -0.495 e. The van der Waals surface area contributed by atoms with Crippen LogP contribution in [0.4, 0.5) is 5.69 Å². The zero-order valence-corrected chi connectivity index (χ0v) is 12.4. The summed E-state index contributed by atoms with van der Waals surface area (Å²) in [5, 5.41) is 3.71. The number of rotatable bonds is 3. The molecule has 0 radical (unpaired) electrons. The van der Waals surface area contributed by atoms with Crippen molar-refractivity contribution in [3.63, 3.8) is 0 Å². The van der Waals surface area contributed by atoms with Gasteiger partial charge < -0.3 is 15.0 Å². The highest BCUT2D eigenvalue weighted by Crippen LogP contribution is 2.28. The molecule has 1 aromatic rings. The molecule has 1 aliphatic rings. The molecule has 2 rings (SSSR count). The maximum atomic E-state index is 5.49. The Kier molecular flexibility index (Phi) is 5.08. The fourth-order valence-corrected chi connectivity index (χ4v) is 2.80. The average molecular weight is 262 g/mol. The van der Waals surface area contributed by atoms with Gasteiger partial charge >= 0.3 is 0 Å². The molecule has 1 saturated heterocycles. The molecule has 0 bridgehead atoms. The molecule has 0 aromatic heterocycles. The summed E-state index contributed by atoms with van der Waals surface area (Å²) in [6.45, 7) is 6.73. The Morgan fingerprint density at radius 3 is 2.74 bits per heavy atom. The van der Waals surface area contributed by atoms with Gasteiger partial charge in [0.1, 0.15) is 5.75 Å². The van der Waals surface area contributed by atoms with Gasteiger partial charge in [0.05, 0.1) is 12.8 Å². The van der Waals surface area contributed by atoms with Gasteiger partial charge in [0.2, 0.25) is 0 Å². The molecule has 2 unspecified atom stereocenters. The molecule has 19 heavy (non-hydrogen) atoms. The van der Waals surface area contributed by atoms with Gasteiger partial charge in [0.15, 0.2) is 0 Å². The van der Waals surface area contributed by atoms with Gasteiger partial charge in [0.25, 0.3) is 0 Å². The van der Waals surface area contributed by atoms with Crippen molar-refractivity contribution in [3.8, 4) is 5.75 Å². The number of hydrogen-bond acceptors (Lipinski definition) is 3. The minimum atomic E-state index is 0.586. The van der Waals surface area contributed by atoms with Crippen molar-refractivity contribution < 1.29 is 4.74 Å². The molecule has 2 atom stereocenters. The Balaban J connectivity index is 2.14. The van der Waals surface area contributed by atoms with Gasteiger partial charge in [0, 0.05) is 25.2 Å². The third-order valence-electron chi connectivity index (χ3n) is 4.02. The van der Waals surface area contributed by atoms with E-state index in [-0.39, 0.29) is 0 Å². The van der Waals surface area contributed by atoms with Crippen LogP contribution < -0.4 is 15.0 Å². The van der Waals surface area contributed by atoms with Crippen molar-refractivity contribution in [3.05, 3.63) is 24.3 Å². The maximum Gasteiger partial charge on any atom is 0.142 e. The van der Waals surface area contributed by atoms with Crippen LogP contribution in [0.25, 0.3) is 0 Å². The Labute approximate surface area is 116 Å². The number of anilines is 1.